The number of ether oxygens (including phenoxy) is 1. The van der Waals surface area contributed by atoms with E-state index < -0.39 is 0 Å². The molecule has 0 radical (unpaired) electrons. The number of nitrogens with one attached hydrogen (secondary N) is 1. The Balaban J connectivity index is 1.98. The van der Waals surface area contributed by atoms with Crippen LogP contribution in [0.1, 0.15) is 6.92 Å². The monoisotopic (exact) mass is 238 g/mol. The maximum absolute atomic E-state index is 5.44. The average molecular weight is 238 g/mol. The van der Waals surface area contributed by atoms with Crippen molar-refractivity contribution < 1.29 is 4.74 Å². The molecule has 0 saturated heterocycles. The van der Waals surface area contributed by atoms with E-state index in [4.69, 9.17) is 4.74 Å². The minimum Gasteiger partial charge on any atom is -0.494 e. The van der Waals surface area contributed by atoms with Gasteiger partial charge in [0.2, 0.25) is 0 Å². The summed E-state index contributed by atoms with van der Waals surface area (Å²) in [5.74, 6) is 0.902. The molecule has 1 aromatic carbocycles. The minimum atomic E-state index is 0.692. The lowest BCUT2D eigenvalue weighted by Gasteiger charge is -2.03. The fourth-order valence-corrected chi connectivity index (χ4v) is 2.03. The molecule has 0 saturated carbocycles. The molecule has 0 atom stereocenters. The van der Waals surface area contributed by atoms with Crippen LogP contribution >= 0.6 is 0 Å². The Labute approximate surface area is 105 Å². The maximum Gasteiger partial charge on any atom is 0.119 e. The van der Waals surface area contributed by atoms with E-state index in [0.717, 1.165) is 22.5 Å². The summed E-state index contributed by atoms with van der Waals surface area (Å²) in [5.41, 5.74) is 3.30. The number of benzene rings is 1. The number of aromatic nitrogens is 2. The van der Waals surface area contributed by atoms with Gasteiger partial charge >= 0.3 is 0 Å². The van der Waals surface area contributed by atoms with Gasteiger partial charge in [0.05, 0.1) is 18.3 Å². The Bertz CT molecular complexity index is 623. The van der Waals surface area contributed by atoms with Crippen LogP contribution in [0.15, 0.2) is 48.8 Å². The maximum atomic E-state index is 5.44. The minimum absolute atomic E-state index is 0.692. The number of hydrogen-bond donors (Lipinski definition) is 1. The molecular weight excluding hydrogens is 224 g/mol. The van der Waals surface area contributed by atoms with Gasteiger partial charge in [-0.3, -0.25) is 4.98 Å². The first-order chi connectivity index (χ1) is 8.86. The molecule has 0 amide bonds. The molecule has 2 heterocycles. The number of rotatable bonds is 3. The number of nitrogens with zero attached hydrogens (tertiary/aromatic N) is 1. The van der Waals surface area contributed by atoms with E-state index in [9.17, 15) is 0 Å². The number of aromatic amines is 1. The van der Waals surface area contributed by atoms with Gasteiger partial charge in [0.25, 0.3) is 0 Å². The van der Waals surface area contributed by atoms with E-state index >= 15 is 0 Å². The third-order valence-electron chi connectivity index (χ3n) is 2.90. The average Bonchev–Trinajstić information content (AvgIpc) is 2.84. The summed E-state index contributed by atoms with van der Waals surface area (Å²) in [6.07, 6.45) is 3.64. The standard InChI is InChI=1S/C15H14N2O/c1-2-18-13-5-3-11(4-6-13)14-9-12-7-8-16-10-15(12)17-14/h3-10,17H,2H2,1H3. The van der Waals surface area contributed by atoms with Crippen LogP contribution in [0.5, 0.6) is 5.75 Å². The number of hydrogen-bond acceptors (Lipinski definition) is 2. The Kier molecular flexibility index (Phi) is 2.73. The van der Waals surface area contributed by atoms with E-state index in [1.807, 2.05) is 31.3 Å². The second-order valence-electron chi connectivity index (χ2n) is 4.10. The summed E-state index contributed by atoms with van der Waals surface area (Å²) < 4.78 is 5.44. The first-order valence-electron chi connectivity index (χ1n) is 6.03. The molecule has 0 aliphatic rings. The molecule has 3 rings (SSSR count). The van der Waals surface area contributed by atoms with Gasteiger partial charge in [0.1, 0.15) is 5.75 Å². The molecule has 0 fully saturated rings. The highest BCUT2D eigenvalue weighted by atomic mass is 16.5. The van der Waals surface area contributed by atoms with Crippen molar-refractivity contribution in [1.82, 2.24) is 9.97 Å². The van der Waals surface area contributed by atoms with E-state index in [-0.39, 0.29) is 0 Å². The van der Waals surface area contributed by atoms with Gasteiger partial charge in [-0.2, -0.15) is 0 Å². The van der Waals surface area contributed by atoms with Gasteiger partial charge in [-0.1, -0.05) is 0 Å². The van der Waals surface area contributed by atoms with Crippen LogP contribution in [0.3, 0.4) is 0 Å². The number of fused-ring (bicyclic) bond motifs is 1. The lowest BCUT2D eigenvalue weighted by molar-refractivity contribution is 0.340. The fraction of sp³-hybridized carbons (Fsp3) is 0.133. The van der Waals surface area contributed by atoms with Crippen LogP contribution < -0.4 is 4.74 Å². The van der Waals surface area contributed by atoms with E-state index in [2.05, 4.69) is 28.2 Å². The van der Waals surface area contributed by atoms with Crippen molar-refractivity contribution in [3.8, 4) is 17.0 Å². The van der Waals surface area contributed by atoms with Crippen LogP contribution in [0.25, 0.3) is 22.2 Å². The summed E-state index contributed by atoms with van der Waals surface area (Å²) in [7, 11) is 0. The predicted octanol–water partition coefficient (Wildman–Crippen LogP) is 3.63. The van der Waals surface area contributed by atoms with E-state index in [1.165, 1.54) is 5.39 Å². The van der Waals surface area contributed by atoms with Crippen LogP contribution in [0.2, 0.25) is 0 Å². The first kappa shape index (κ1) is 10.8. The topological polar surface area (TPSA) is 37.9 Å². The lowest BCUT2D eigenvalue weighted by Crippen LogP contribution is -1.90. The van der Waals surface area contributed by atoms with Crippen molar-refractivity contribution >= 4 is 10.9 Å². The van der Waals surface area contributed by atoms with Crippen LogP contribution in [0, 0.1) is 0 Å². The van der Waals surface area contributed by atoms with Crippen LogP contribution in [-0.4, -0.2) is 16.6 Å². The highest BCUT2D eigenvalue weighted by molar-refractivity contribution is 5.85. The summed E-state index contributed by atoms with van der Waals surface area (Å²) in [6, 6.07) is 12.2. The Morgan fingerprint density at radius 2 is 2.00 bits per heavy atom. The van der Waals surface area contributed by atoms with Crippen molar-refractivity contribution in [3.05, 3.63) is 48.8 Å². The molecule has 90 valence electrons. The molecule has 0 unspecified atom stereocenters. The van der Waals surface area contributed by atoms with E-state index in [0.29, 0.717) is 6.61 Å². The van der Waals surface area contributed by atoms with Gasteiger partial charge in [0.15, 0.2) is 0 Å². The molecule has 0 aliphatic carbocycles. The molecule has 2 aromatic heterocycles. The third kappa shape index (κ3) is 1.95. The summed E-state index contributed by atoms with van der Waals surface area (Å²) in [4.78, 5) is 7.47. The summed E-state index contributed by atoms with van der Waals surface area (Å²) >= 11 is 0. The number of pyridine rings is 1. The molecule has 0 spiro atoms. The second kappa shape index (κ2) is 4.53. The van der Waals surface area contributed by atoms with Crippen molar-refractivity contribution in [3.63, 3.8) is 0 Å². The van der Waals surface area contributed by atoms with Gasteiger partial charge in [-0.15, -0.1) is 0 Å². The van der Waals surface area contributed by atoms with Crippen molar-refractivity contribution in [2.24, 2.45) is 0 Å². The Morgan fingerprint density at radius 1 is 1.17 bits per heavy atom. The van der Waals surface area contributed by atoms with Gasteiger partial charge in [-0.25, -0.2) is 0 Å². The second-order valence-corrected chi connectivity index (χ2v) is 4.10. The van der Waals surface area contributed by atoms with Crippen LogP contribution in [-0.2, 0) is 0 Å². The zero-order valence-electron chi connectivity index (χ0n) is 10.2. The molecule has 0 bridgehead atoms. The largest absolute Gasteiger partial charge is 0.494 e. The Morgan fingerprint density at radius 3 is 2.72 bits per heavy atom. The van der Waals surface area contributed by atoms with Gasteiger partial charge in [0, 0.05) is 17.3 Å². The first-order valence-corrected chi connectivity index (χ1v) is 6.03. The molecule has 0 aliphatic heterocycles. The highest BCUT2D eigenvalue weighted by Crippen LogP contribution is 2.25. The molecule has 3 heteroatoms. The van der Waals surface area contributed by atoms with Crippen molar-refractivity contribution in [1.29, 1.82) is 0 Å². The van der Waals surface area contributed by atoms with Gasteiger partial charge in [-0.05, 0) is 48.9 Å². The molecule has 3 nitrogen and oxygen atoms in total. The number of H-pyrrole nitrogens is 1. The van der Waals surface area contributed by atoms with Crippen molar-refractivity contribution in [2.75, 3.05) is 6.61 Å². The summed E-state index contributed by atoms with van der Waals surface area (Å²) in [6.45, 7) is 2.68. The Hall–Kier alpha value is -2.29. The molecular formula is C15H14N2O. The molecule has 1 N–H and O–H groups in total. The van der Waals surface area contributed by atoms with Gasteiger partial charge < -0.3 is 9.72 Å². The zero-order valence-corrected chi connectivity index (χ0v) is 10.2. The fourth-order valence-electron chi connectivity index (χ4n) is 2.03. The van der Waals surface area contributed by atoms with E-state index in [1.54, 1.807) is 6.20 Å². The predicted molar refractivity (Wildman–Crippen MR) is 72.7 cm³/mol. The SMILES string of the molecule is CCOc1ccc(-c2cc3ccncc3[nH]2)cc1. The smallest absolute Gasteiger partial charge is 0.119 e. The van der Waals surface area contributed by atoms with Crippen LogP contribution in [0.4, 0.5) is 0 Å². The highest BCUT2D eigenvalue weighted by Gasteiger charge is 2.03. The zero-order chi connectivity index (χ0) is 12.4. The normalized spacial score (nSPS) is 10.7. The quantitative estimate of drug-likeness (QED) is 0.756. The lowest BCUT2D eigenvalue weighted by atomic mass is 10.1. The summed E-state index contributed by atoms with van der Waals surface area (Å²) in [5, 5.41) is 1.17. The van der Waals surface area contributed by atoms with Crippen molar-refractivity contribution in [2.45, 2.75) is 6.92 Å². The molecule has 18 heavy (non-hydrogen) atoms. The molecule has 3 aromatic rings. The third-order valence-corrected chi connectivity index (χ3v) is 2.90.